The minimum absolute atomic E-state index is 0.0986. The molecular weight excluding hydrogens is 252 g/mol. The highest BCUT2D eigenvalue weighted by Crippen LogP contribution is 2.38. The lowest BCUT2D eigenvalue weighted by Crippen LogP contribution is -2.55. The van der Waals surface area contributed by atoms with E-state index in [-0.39, 0.29) is 17.8 Å². The third-order valence-corrected chi connectivity index (χ3v) is 4.58. The number of aliphatic hydroxyl groups is 1. The van der Waals surface area contributed by atoms with Gasteiger partial charge in [-0.1, -0.05) is 47.1 Å². The van der Waals surface area contributed by atoms with Crippen molar-refractivity contribution < 1.29 is 14.6 Å². The van der Waals surface area contributed by atoms with Gasteiger partial charge in [-0.3, -0.25) is 4.79 Å². The number of carbonyl (C=O) groups excluding carboxylic acids is 1. The van der Waals surface area contributed by atoms with E-state index in [4.69, 9.17) is 4.74 Å². The van der Waals surface area contributed by atoms with Crippen molar-refractivity contribution in [2.45, 2.75) is 72.7 Å². The Balaban J connectivity index is 2.96. The molecule has 0 saturated carbocycles. The summed E-state index contributed by atoms with van der Waals surface area (Å²) < 4.78 is 5.93. The second-order valence-electron chi connectivity index (χ2n) is 6.33. The molecule has 5 unspecified atom stereocenters. The van der Waals surface area contributed by atoms with Crippen LogP contribution in [0.2, 0.25) is 0 Å². The topological polar surface area (TPSA) is 46.5 Å². The summed E-state index contributed by atoms with van der Waals surface area (Å²) in [6, 6.07) is 0. The molecule has 0 bridgehead atoms. The standard InChI is InChI=1S/C17H30O3/c1-7-9-11(3)10-12(4)16-13(5)15(18)14(6)17(19,8-2)20-16/h10-11,13-14,16,19H,7-9H2,1-6H3. The first kappa shape index (κ1) is 17.4. The zero-order valence-corrected chi connectivity index (χ0v) is 13.8. The first-order chi connectivity index (χ1) is 9.26. The van der Waals surface area contributed by atoms with Crippen molar-refractivity contribution in [3.8, 4) is 0 Å². The number of ketones is 1. The Bertz CT molecular complexity index is 374. The third-order valence-electron chi connectivity index (χ3n) is 4.58. The van der Waals surface area contributed by atoms with Crippen molar-refractivity contribution >= 4 is 5.78 Å². The highest BCUT2D eigenvalue weighted by Gasteiger charge is 2.48. The smallest absolute Gasteiger partial charge is 0.175 e. The highest BCUT2D eigenvalue weighted by molar-refractivity contribution is 5.85. The fourth-order valence-electron chi connectivity index (χ4n) is 3.15. The summed E-state index contributed by atoms with van der Waals surface area (Å²) in [4.78, 5) is 12.4. The molecule has 0 radical (unpaired) electrons. The predicted molar refractivity (Wildman–Crippen MR) is 81.3 cm³/mol. The average Bonchev–Trinajstić information content (AvgIpc) is 2.40. The summed E-state index contributed by atoms with van der Waals surface area (Å²) in [5.41, 5.74) is 1.06. The van der Waals surface area contributed by atoms with Crippen molar-refractivity contribution in [1.29, 1.82) is 0 Å². The summed E-state index contributed by atoms with van der Waals surface area (Å²) >= 11 is 0. The van der Waals surface area contributed by atoms with Gasteiger partial charge in [-0.05, 0) is 31.3 Å². The Labute approximate surface area is 123 Å². The molecule has 1 saturated heterocycles. The Hall–Kier alpha value is -0.670. The number of hydrogen-bond donors (Lipinski definition) is 1. The second kappa shape index (κ2) is 6.86. The highest BCUT2D eigenvalue weighted by atomic mass is 16.6. The van der Waals surface area contributed by atoms with Crippen LogP contribution in [0.5, 0.6) is 0 Å². The third kappa shape index (κ3) is 3.50. The maximum Gasteiger partial charge on any atom is 0.175 e. The predicted octanol–water partition coefficient (Wildman–Crippen LogP) is 3.71. The lowest BCUT2D eigenvalue weighted by atomic mass is 9.79. The average molecular weight is 282 g/mol. The van der Waals surface area contributed by atoms with Gasteiger partial charge in [0.25, 0.3) is 0 Å². The molecule has 0 spiro atoms. The van der Waals surface area contributed by atoms with Gasteiger partial charge in [0.15, 0.2) is 5.79 Å². The number of carbonyl (C=O) groups is 1. The van der Waals surface area contributed by atoms with Gasteiger partial charge >= 0.3 is 0 Å². The molecule has 0 aromatic rings. The molecule has 1 N–H and O–H groups in total. The van der Waals surface area contributed by atoms with E-state index in [1.165, 1.54) is 0 Å². The summed E-state index contributed by atoms with van der Waals surface area (Å²) in [6.07, 6.45) is 4.58. The molecule has 0 aliphatic carbocycles. The lowest BCUT2D eigenvalue weighted by Gasteiger charge is -2.44. The molecule has 1 aliphatic rings. The Morgan fingerprint density at radius 2 is 2.05 bits per heavy atom. The number of ether oxygens (including phenoxy) is 1. The van der Waals surface area contributed by atoms with Crippen LogP contribution in [0.3, 0.4) is 0 Å². The molecule has 0 aromatic carbocycles. The largest absolute Gasteiger partial charge is 0.365 e. The molecular formula is C17H30O3. The van der Waals surface area contributed by atoms with Crippen molar-refractivity contribution in [3.05, 3.63) is 11.6 Å². The quantitative estimate of drug-likeness (QED) is 0.782. The zero-order valence-electron chi connectivity index (χ0n) is 13.8. The molecule has 3 heteroatoms. The number of Topliss-reactive ketones (excluding diaryl/α,β-unsaturated/α-hetero) is 1. The van der Waals surface area contributed by atoms with Crippen LogP contribution in [-0.2, 0) is 9.53 Å². The second-order valence-corrected chi connectivity index (χ2v) is 6.33. The van der Waals surface area contributed by atoms with Crippen LogP contribution in [-0.4, -0.2) is 22.8 Å². The number of hydrogen-bond acceptors (Lipinski definition) is 3. The first-order valence-corrected chi connectivity index (χ1v) is 7.89. The van der Waals surface area contributed by atoms with E-state index in [1.54, 1.807) is 6.92 Å². The maximum atomic E-state index is 12.4. The van der Waals surface area contributed by atoms with E-state index in [9.17, 15) is 9.90 Å². The van der Waals surface area contributed by atoms with E-state index in [1.807, 2.05) is 20.8 Å². The molecule has 0 aromatic heterocycles. The van der Waals surface area contributed by atoms with Gasteiger partial charge in [-0.2, -0.15) is 0 Å². The Kier molecular flexibility index (Phi) is 5.96. The normalized spacial score (nSPS) is 37.0. The van der Waals surface area contributed by atoms with E-state index in [0.717, 1.165) is 18.4 Å². The molecule has 116 valence electrons. The van der Waals surface area contributed by atoms with Crippen LogP contribution in [0.4, 0.5) is 0 Å². The molecule has 5 atom stereocenters. The van der Waals surface area contributed by atoms with Gasteiger partial charge in [-0.15, -0.1) is 0 Å². The number of rotatable bonds is 5. The van der Waals surface area contributed by atoms with Gasteiger partial charge in [0.05, 0.1) is 12.0 Å². The van der Waals surface area contributed by atoms with Crippen molar-refractivity contribution in [3.63, 3.8) is 0 Å². The van der Waals surface area contributed by atoms with E-state index in [2.05, 4.69) is 19.9 Å². The zero-order chi connectivity index (χ0) is 15.5. The number of allylic oxidation sites excluding steroid dienone is 1. The van der Waals surface area contributed by atoms with Crippen LogP contribution in [0.15, 0.2) is 11.6 Å². The minimum Gasteiger partial charge on any atom is -0.365 e. The van der Waals surface area contributed by atoms with Crippen LogP contribution in [0.25, 0.3) is 0 Å². The SMILES string of the molecule is CCCC(C)C=C(C)C1OC(O)(CC)C(C)C(=O)C1C. The Morgan fingerprint density at radius 1 is 1.45 bits per heavy atom. The molecule has 1 rings (SSSR count). The van der Waals surface area contributed by atoms with E-state index >= 15 is 0 Å². The summed E-state index contributed by atoms with van der Waals surface area (Å²) in [5.74, 6) is -1.40. The minimum atomic E-state index is -1.32. The molecule has 1 heterocycles. The maximum absolute atomic E-state index is 12.4. The fourth-order valence-corrected chi connectivity index (χ4v) is 3.15. The van der Waals surface area contributed by atoms with E-state index in [0.29, 0.717) is 12.3 Å². The monoisotopic (exact) mass is 282 g/mol. The van der Waals surface area contributed by atoms with Gasteiger partial charge in [0, 0.05) is 5.92 Å². The molecule has 1 aliphatic heterocycles. The van der Waals surface area contributed by atoms with Gasteiger partial charge in [-0.25, -0.2) is 0 Å². The van der Waals surface area contributed by atoms with Gasteiger partial charge in [0.2, 0.25) is 0 Å². The van der Waals surface area contributed by atoms with E-state index < -0.39 is 11.7 Å². The van der Waals surface area contributed by atoms with Crippen molar-refractivity contribution in [2.75, 3.05) is 0 Å². The summed E-state index contributed by atoms with van der Waals surface area (Å²) in [5, 5.41) is 10.5. The van der Waals surface area contributed by atoms with Gasteiger partial charge in [0.1, 0.15) is 5.78 Å². The van der Waals surface area contributed by atoms with Crippen molar-refractivity contribution in [2.24, 2.45) is 17.8 Å². The molecule has 0 amide bonds. The fraction of sp³-hybridized carbons (Fsp3) is 0.824. The Morgan fingerprint density at radius 3 is 2.55 bits per heavy atom. The van der Waals surface area contributed by atoms with Gasteiger partial charge < -0.3 is 9.84 Å². The van der Waals surface area contributed by atoms with Crippen LogP contribution < -0.4 is 0 Å². The molecule has 1 fully saturated rings. The summed E-state index contributed by atoms with van der Waals surface area (Å²) in [6.45, 7) is 11.9. The van der Waals surface area contributed by atoms with Crippen LogP contribution in [0, 0.1) is 17.8 Å². The van der Waals surface area contributed by atoms with Crippen LogP contribution in [0.1, 0.15) is 60.8 Å². The molecule has 20 heavy (non-hydrogen) atoms. The van der Waals surface area contributed by atoms with Crippen molar-refractivity contribution in [1.82, 2.24) is 0 Å². The lowest BCUT2D eigenvalue weighted by molar-refractivity contribution is -0.271. The first-order valence-electron chi connectivity index (χ1n) is 7.89. The molecule has 3 nitrogen and oxygen atoms in total. The summed E-state index contributed by atoms with van der Waals surface area (Å²) in [7, 11) is 0. The van der Waals surface area contributed by atoms with Crippen LogP contribution >= 0.6 is 0 Å².